The van der Waals surface area contributed by atoms with Crippen molar-refractivity contribution < 1.29 is 9.90 Å². The van der Waals surface area contributed by atoms with Gasteiger partial charge in [-0.1, -0.05) is 30.3 Å². The number of anilines is 4. The van der Waals surface area contributed by atoms with E-state index in [1.165, 1.54) is 0 Å². The van der Waals surface area contributed by atoms with Crippen LogP contribution in [0.2, 0.25) is 0 Å². The molecule has 9 heteroatoms. The van der Waals surface area contributed by atoms with Crippen molar-refractivity contribution in [3.8, 4) is 11.3 Å². The highest BCUT2D eigenvalue weighted by molar-refractivity contribution is 6.05. The zero-order chi connectivity index (χ0) is 29.6. The number of aliphatic hydroxyl groups excluding tert-OH is 1. The van der Waals surface area contributed by atoms with Crippen LogP contribution in [0, 0.1) is 13.8 Å². The summed E-state index contributed by atoms with van der Waals surface area (Å²) in [4.78, 5) is 27.7. The molecule has 0 spiro atoms. The molecule has 0 aliphatic rings. The first kappa shape index (κ1) is 28.5. The maximum atomic E-state index is 13.1. The van der Waals surface area contributed by atoms with Crippen molar-refractivity contribution in [3.05, 3.63) is 108 Å². The summed E-state index contributed by atoms with van der Waals surface area (Å²) in [6.45, 7) is 4.67. The Balaban J connectivity index is 1.27. The Kier molecular flexibility index (Phi) is 8.61. The number of hydrogen-bond acceptors (Lipinski definition) is 7. The molecule has 0 radical (unpaired) electrons. The van der Waals surface area contributed by atoms with Crippen molar-refractivity contribution in [1.82, 2.24) is 19.9 Å². The van der Waals surface area contributed by atoms with Crippen molar-refractivity contribution >= 4 is 39.8 Å². The number of carbonyl (C=O) groups excluding carboxylic acids is 1. The molecule has 214 valence electrons. The summed E-state index contributed by atoms with van der Waals surface area (Å²) < 4.78 is 0. The lowest BCUT2D eigenvalue weighted by Crippen LogP contribution is -2.17. The number of likely N-dealkylation sites (N-methyl/N-ethyl adjacent to an activating group) is 1. The standard InChI is InChI=1S/C33H35N7O2/c1-21-11-14-25(37-33-35-19-22(2)31(39-33)27-20-34-28-9-6-5-8-26(27)28)18-29(21)38-32(42)23-12-15-24(16-13-23)36-30(41)10-7-17-40(3)4/h5-16,18-20,30,34,36,41H,17H2,1-4H3,(H,38,42)(H,35,37,39)/b10-7+. The molecule has 9 nitrogen and oxygen atoms in total. The van der Waals surface area contributed by atoms with E-state index in [0.717, 1.165) is 45.5 Å². The van der Waals surface area contributed by atoms with Gasteiger partial charge in [-0.25, -0.2) is 9.97 Å². The molecule has 0 bridgehead atoms. The van der Waals surface area contributed by atoms with Crippen LogP contribution < -0.4 is 16.0 Å². The highest BCUT2D eigenvalue weighted by Gasteiger charge is 2.13. The van der Waals surface area contributed by atoms with Gasteiger partial charge in [-0.05, 0) is 87.6 Å². The van der Waals surface area contributed by atoms with Crippen LogP contribution in [0.5, 0.6) is 0 Å². The molecule has 0 aliphatic carbocycles. The molecule has 1 amide bonds. The molecule has 1 atom stereocenters. The molecule has 42 heavy (non-hydrogen) atoms. The minimum absolute atomic E-state index is 0.235. The Bertz CT molecular complexity index is 1720. The topological polar surface area (TPSA) is 118 Å². The van der Waals surface area contributed by atoms with E-state index in [9.17, 15) is 9.90 Å². The lowest BCUT2D eigenvalue weighted by Gasteiger charge is -2.14. The number of carbonyl (C=O) groups is 1. The van der Waals surface area contributed by atoms with Crippen LogP contribution in [0.15, 0.2) is 91.3 Å². The Morgan fingerprint density at radius 1 is 1.02 bits per heavy atom. The molecule has 5 N–H and O–H groups in total. The van der Waals surface area contributed by atoms with Crippen molar-refractivity contribution in [2.45, 2.75) is 20.1 Å². The minimum Gasteiger partial charge on any atom is -0.370 e. The molecule has 0 aliphatic heterocycles. The second-order valence-corrected chi connectivity index (χ2v) is 10.4. The van der Waals surface area contributed by atoms with Crippen molar-refractivity contribution in [3.63, 3.8) is 0 Å². The molecule has 5 rings (SSSR count). The molecule has 5 aromatic rings. The zero-order valence-corrected chi connectivity index (χ0v) is 24.1. The van der Waals surface area contributed by atoms with Gasteiger partial charge in [0.15, 0.2) is 0 Å². The first-order valence-electron chi connectivity index (χ1n) is 13.7. The number of amides is 1. The van der Waals surface area contributed by atoms with Gasteiger partial charge in [-0.2, -0.15) is 0 Å². The first-order valence-corrected chi connectivity index (χ1v) is 13.7. The van der Waals surface area contributed by atoms with Crippen molar-refractivity contribution in [1.29, 1.82) is 0 Å². The number of aryl methyl sites for hydroxylation is 2. The number of benzene rings is 3. The van der Waals surface area contributed by atoms with Gasteiger partial charge in [-0.15, -0.1) is 0 Å². The normalized spacial score (nSPS) is 12.1. The van der Waals surface area contributed by atoms with E-state index in [-0.39, 0.29) is 5.91 Å². The average molecular weight is 562 g/mol. The Morgan fingerprint density at radius 3 is 2.57 bits per heavy atom. The average Bonchev–Trinajstić information content (AvgIpc) is 3.40. The summed E-state index contributed by atoms with van der Waals surface area (Å²) in [6.07, 6.45) is 6.53. The van der Waals surface area contributed by atoms with Gasteiger partial charge in [0.1, 0.15) is 6.23 Å². The SMILES string of the molecule is Cc1ccc(Nc2ncc(C)c(-c3c[nH]c4ccccc34)n2)cc1NC(=O)c1ccc(NC(O)/C=C/CN(C)C)cc1. The fraction of sp³-hybridized carbons (Fsp3) is 0.182. The van der Waals surface area contributed by atoms with Gasteiger partial charge in [0, 0.05) is 58.0 Å². The molecule has 0 saturated carbocycles. The number of aliphatic hydroxyl groups is 1. The smallest absolute Gasteiger partial charge is 0.255 e. The predicted octanol–water partition coefficient (Wildman–Crippen LogP) is 6.09. The monoisotopic (exact) mass is 561 g/mol. The molecule has 2 heterocycles. The number of nitrogens with zero attached hydrogens (tertiary/aromatic N) is 3. The Labute approximate surface area is 245 Å². The molecular formula is C33H35N7O2. The number of aromatic amines is 1. The highest BCUT2D eigenvalue weighted by Crippen LogP contribution is 2.30. The highest BCUT2D eigenvalue weighted by atomic mass is 16.3. The van der Waals surface area contributed by atoms with Gasteiger partial charge >= 0.3 is 0 Å². The number of H-pyrrole nitrogens is 1. The summed E-state index contributed by atoms with van der Waals surface area (Å²) in [5, 5.41) is 20.5. The molecule has 0 fully saturated rings. The van der Waals surface area contributed by atoms with Gasteiger partial charge in [0.2, 0.25) is 5.95 Å². The minimum atomic E-state index is -0.821. The largest absolute Gasteiger partial charge is 0.370 e. The number of hydrogen-bond donors (Lipinski definition) is 5. The number of para-hydroxylation sites is 1. The second kappa shape index (κ2) is 12.7. The van der Waals surface area contributed by atoms with Gasteiger partial charge in [0.05, 0.1) is 5.69 Å². The van der Waals surface area contributed by atoms with Crippen LogP contribution in [-0.2, 0) is 0 Å². The number of rotatable bonds is 10. The third-order valence-electron chi connectivity index (χ3n) is 6.81. The lowest BCUT2D eigenvalue weighted by atomic mass is 10.1. The molecular weight excluding hydrogens is 526 g/mol. The molecule has 2 aromatic heterocycles. The van der Waals surface area contributed by atoms with E-state index in [0.29, 0.717) is 22.9 Å². The van der Waals surface area contributed by atoms with Crippen LogP contribution in [-0.4, -0.2) is 57.7 Å². The number of aromatic nitrogens is 3. The summed E-state index contributed by atoms with van der Waals surface area (Å²) >= 11 is 0. The summed E-state index contributed by atoms with van der Waals surface area (Å²) in [5.74, 6) is 0.227. The first-order chi connectivity index (χ1) is 20.3. The second-order valence-electron chi connectivity index (χ2n) is 10.4. The number of nitrogens with one attached hydrogen (secondary N) is 4. The van der Waals surface area contributed by atoms with Crippen LogP contribution in [0.4, 0.5) is 23.0 Å². The molecule has 1 unspecified atom stereocenters. The fourth-order valence-electron chi connectivity index (χ4n) is 4.54. The van der Waals surface area contributed by atoms with Crippen LogP contribution in [0.1, 0.15) is 21.5 Å². The van der Waals surface area contributed by atoms with Crippen molar-refractivity contribution in [2.24, 2.45) is 0 Å². The van der Waals surface area contributed by atoms with E-state index in [2.05, 4.69) is 32.0 Å². The third kappa shape index (κ3) is 6.83. The zero-order valence-electron chi connectivity index (χ0n) is 24.1. The van der Waals surface area contributed by atoms with E-state index in [1.807, 2.05) is 81.5 Å². The van der Waals surface area contributed by atoms with Crippen molar-refractivity contribution in [2.75, 3.05) is 36.6 Å². The maximum absolute atomic E-state index is 13.1. The predicted molar refractivity (Wildman–Crippen MR) is 170 cm³/mol. The molecule has 0 saturated heterocycles. The Morgan fingerprint density at radius 2 is 1.79 bits per heavy atom. The Hall–Kier alpha value is -4.99. The van der Waals surface area contributed by atoms with Crippen LogP contribution >= 0.6 is 0 Å². The van der Waals surface area contributed by atoms with Gasteiger partial charge < -0.3 is 30.9 Å². The third-order valence-corrected chi connectivity index (χ3v) is 6.81. The summed E-state index contributed by atoms with van der Waals surface area (Å²) in [5.41, 5.74) is 7.45. The van der Waals surface area contributed by atoms with Gasteiger partial charge in [0.25, 0.3) is 5.91 Å². The van der Waals surface area contributed by atoms with E-state index in [1.54, 1.807) is 36.5 Å². The van der Waals surface area contributed by atoms with Crippen LogP contribution in [0.3, 0.4) is 0 Å². The van der Waals surface area contributed by atoms with Gasteiger partial charge in [-0.3, -0.25) is 4.79 Å². The summed E-state index contributed by atoms with van der Waals surface area (Å²) in [7, 11) is 3.92. The maximum Gasteiger partial charge on any atom is 0.255 e. The quantitative estimate of drug-likeness (QED) is 0.104. The van der Waals surface area contributed by atoms with E-state index in [4.69, 9.17) is 4.98 Å². The molecule has 3 aromatic carbocycles. The lowest BCUT2D eigenvalue weighted by molar-refractivity contribution is 0.102. The van der Waals surface area contributed by atoms with E-state index < -0.39 is 6.23 Å². The van der Waals surface area contributed by atoms with E-state index >= 15 is 0 Å². The van der Waals surface area contributed by atoms with Crippen LogP contribution in [0.25, 0.3) is 22.2 Å². The number of fused-ring (bicyclic) bond motifs is 1. The summed E-state index contributed by atoms with van der Waals surface area (Å²) in [6, 6.07) is 20.8. The fourth-order valence-corrected chi connectivity index (χ4v) is 4.54.